The van der Waals surface area contributed by atoms with Crippen molar-refractivity contribution in [3.8, 4) is 17.0 Å². The minimum absolute atomic E-state index is 0.370. The summed E-state index contributed by atoms with van der Waals surface area (Å²) in [6, 6.07) is 9.30. The average Bonchev–Trinajstić information content (AvgIpc) is 3.17. The summed E-state index contributed by atoms with van der Waals surface area (Å²) < 4.78 is 5.32. The van der Waals surface area contributed by atoms with Gasteiger partial charge < -0.3 is 14.8 Å². The predicted octanol–water partition coefficient (Wildman–Crippen LogP) is 3.27. The summed E-state index contributed by atoms with van der Waals surface area (Å²) in [5.41, 5.74) is 2.91. The molecule has 0 atom stereocenters. The third-order valence-electron chi connectivity index (χ3n) is 3.46. The van der Waals surface area contributed by atoms with Crippen LogP contribution < -0.4 is 4.74 Å². The van der Waals surface area contributed by atoms with Gasteiger partial charge in [0.15, 0.2) is 0 Å². The van der Waals surface area contributed by atoms with Gasteiger partial charge in [-0.15, -0.1) is 0 Å². The number of carboxylic acid groups (broad SMARTS) is 1. The zero-order valence-electron chi connectivity index (χ0n) is 10.6. The number of aromatic amines is 1. The van der Waals surface area contributed by atoms with Crippen molar-refractivity contribution < 1.29 is 14.6 Å². The summed E-state index contributed by atoms with van der Waals surface area (Å²) >= 11 is 0. The van der Waals surface area contributed by atoms with Crippen molar-refractivity contribution in [3.63, 3.8) is 0 Å². The SMILES string of the molecule is COc1ccccc1-c1cc(C(=O)O)c(C2CC2)[nH]1. The summed E-state index contributed by atoms with van der Waals surface area (Å²) in [7, 11) is 1.61. The van der Waals surface area contributed by atoms with Crippen molar-refractivity contribution in [2.75, 3.05) is 7.11 Å². The minimum atomic E-state index is -0.876. The number of aromatic carboxylic acids is 1. The standard InChI is InChI=1S/C15H15NO3/c1-19-13-5-3-2-4-10(13)12-8-11(15(17)18)14(16-12)9-6-7-9/h2-5,8-9,16H,6-7H2,1H3,(H,17,18). The van der Waals surface area contributed by atoms with Crippen molar-refractivity contribution in [2.45, 2.75) is 18.8 Å². The molecular formula is C15H15NO3. The van der Waals surface area contributed by atoms with Gasteiger partial charge in [-0.1, -0.05) is 12.1 Å². The van der Waals surface area contributed by atoms with Gasteiger partial charge in [0, 0.05) is 11.3 Å². The first-order valence-corrected chi connectivity index (χ1v) is 6.30. The highest BCUT2D eigenvalue weighted by molar-refractivity contribution is 5.91. The van der Waals surface area contributed by atoms with Crippen molar-refractivity contribution in [3.05, 3.63) is 41.6 Å². The van der Waals surface area contributed by atoms with Gasteiger partial charge in [-0.25, -0.2) is 4.79 Å². The van der Waals surface area contributed by atoms with Crippen LogP contribution in [0.2, 0.25) is 0 Å². The number of benzene rings is 1. The molecular weight excluding hydrogens is 242 g/mol. The molecule has 0 unspecified atom stereocenters. The predicted molar refractivity (Wildman–Crippen MR) is 71.7 cm³/mol. The van der Waals surface area contributed by atoms with Gasteiger partial charge in [0.25, 0.3) is 0 Å². The highest BCUT2D eigenvalue weighted by Gasteiger charge is 2.30. The molecule has 1 aromatic carbocycles. The number of para-hydroxylation sites is 1. The molecule has 0 saturated heterocycles. The number of rotatable bonds is 4. The van der Waals surface area contributed by atoms with Crippen LogP contribution in [0.5, 0.6) is 5.75 Å². The Morgan fingerprint density at radius 2 is 2.11 bits per heavy atom. The van der Waals surface area contributed by atoms with E-state index in [-0.39, 0.29) is 0 Å². The highest BCUT2D eigenvalue weighted by atomic mass is 16.5. The van der Waals surface area contributed by atoms with Crippen molar-refractivity contribution >= 4 is 5.97 Å². The molecule has 2 aromatic rings. The second-order valence-corrected chi connectivity index (χ2v) is 4.79. The van der Waals surface area contributed by atoms with Crippen LogP contribution in [0, 0.1) is 0 Å². The first kappa shape index (κ1) is 11.8. The molecule has 1 aliphatic carbocycles. The molecule has 1 aromatic heterocycles. The molecule has 1 aliphatic rings. The Kier molecular flexibility index (Phi) is 2.78. The zero-order chi connectivity index (χ0) is 13.4. The van der Waals surface area contributed by atoms with Crippen molar-refractivity contribution in [2.24, 2.45) is 0 Å². The molecule has 0 radical (unpaired) electrons. The van der Waals surface area contributed by atoms with E-state index < -0.39 is 5.97 Å². The third kappa shape index (κ3) is 2.10. The molecule has 2 N–H and O–H groups in total. The molecule has 1 fully saturated rings. The van der Waals surface area contributed by atoms with Crippen LogP contribution in [0.1, 0.15) is 34.8 Å². The molecule has 0 aliphatic heterocycles. The van der Waals surface area contributed by atoms with Crippen molar-refractivity contribution in [1.82, 2.24) is 4.98 Å². The maximum Gasteiger partial charge on any atom is 0.337 e. The van der Waals surface area contributed by atoms with Crippen LogP contribution in [0.3, 0.4) is 0 Å². The van der Waals surface area contributed by atoms with Crippen LogP contribution in [-0.4, -0.2) is 23.2 Å². The van der Waals surface area contributed by atoms with Crippen molar-refractivity contribution in [1.29, 1.82) is 0 Å². The number of methoxy groups -OCH3 is 1. The normalized spacial score (nSPS) is 14.4. The summed E-state index contributed by atoms with van der Waals surface area (Å²) in [5.74, 6) is 0.233. The quantitative estimate of drug-likeness (QED) is 0.883. The van der Waals surface area contributed by atoms with E-state index in [0.717, 1.165) is 35.5 Å². The average molecular weight is 257 g/mol. The lowest BCUT2D eigenvalue weighted by Crippen LogP contribution is -1.98. The fourth-order valence-electron chi connectivity index (χ4n) is 2.35. The lowest BCUT2D eigenvalue weighted by molar-refractivity contribution is 0.0696. The highest BCUT2D eigenvalue weighted by Crippen LogP contribution is 2.43. The molecule has 1 saturated carbocycles. The van der Waals surface area contributed by atoms with E-state index >= 15 is 0 Å². The molecule has 98 valence electrons. The van der Waals surface area contributed by atoms with E-state index in [1.807, 2.05) is 24.3 Å². The topological polar surface area (TPSA) is 62.3 Å². The number of carbonyl (C=O) groups is 1. The first-order valence-electron chi connectivity index (χ1n) is 6.30. The van der Waals surface area contributed by atoms with Gasteiger partial charge in [0.05, 0.1) is 18.4 Å². The second-order valence-electron chi connectivity index (χ2n) is 4.79. The number of nitrogens with one attached hydrogen (secondary N) is 1. The van der Waals surface area contributed by atoms with E-state index in [2.05, 4.69) is 4.98 Å². The number of aromatic nitrogens is 1. The molecule has 19 heavy (non-hydrogen) atoms. The Balaban J connectivity index is 2.10. The van der Waals surface area contributed by atoms with E-state index in [4.69, 9.17) is 4.74 Å². The Bertz CT molecular complexity index is 626. The van der Waals surface area contributed by atoms with Crippen LogP contribution in [-0.2, 0) is 0 Å². The van der Waals surface area contributed by atoms with Gasteiger partial charge >= 0.3 is 5.97 Å². The molecule has 3 rings (SSSR count). The number of hydrogen-bond acceptors (Lipinski definition) is 2. The lowest BCUT2D eigenvalue weighted by Gasteiger charge is -2.05. The molecule has 0 bridgehead atoms. The number of carboxylic acids is 1. The van der Waals surface area contributed by atoms with Gasteiger partial charge in [0.1, 0.15) is 5.75 Å². The third-order valence-corrected chi connectivity index (χ3v) is 3.46. The van der Waals surface area contributed by atoms with Crippen LogP contribution in [0.25, 0.3) is 11.3 Å². The molecule has 0 spiro atoms. The second kappa shape index (κ2) is 4.46. The van der Waals surface area contributed by atoms with E-state index in [1.165, 1.54) is 0 Å². The molecule has 4 heteroatoms. The van der Waals surface area contributed by atoms with E-state index in [0.29, 0.717) is 11.5 Å². The van der Waals surface area contributed by atoms with E-state index in [9.17, 15) is 9.90 Å². The van der Waals surface area contributed by atoms with Gasteiger partial charge in [-0.05, 0) is 37.0 Å². The van der Waals surface area contributed by atoms with E-state index in [1.54, 1.807) is 13.2 Å². The summed E-state index contributed by atoms with van der Waals surface area (Å²) in [5, 5.41) is 9.28. The smallest absolute Gasteiger partial charge is 0.337 e. The maximum atomic E-state index is 11.3. The largest absolute Gasteiger partial charge is 0.496 e. The lowest BCUT2D eigenvalue weighted by atomic mass is 10.1. The molecule has 1 heterocycles. The van der Waals surface area contributed by atoms with Crippen LogP contribution >= 0.6 is 0 Å². The first-order chi connectivity index (χ1) is 9.20. The monoisotopic (exact) mass is 257 g/mol. The number of hydrogen-bond donors (Lipinski definition) is 2. The number of H-pyrrole nitrogens is 1. The van der Waals surface area contributed by atoms with Gasteiger partial charge in [-0.2, -0.15) is 0 Å². The van der Waals surface area contributed by atoms with Crippen LogP contribution in [0.4, 0.5) is 0 Å². The summed E-state index contributed by atoms with van der Waals surface area (Å²) in [4.78, 5) is 14.6. The maximum absolute atomic E-state index is 11.3. The zero-order valence-corrected chi connectivity index (χ0v) is 10.6. The molecule has 4 nitrogen and oxygen atoms in total. The number of ether oxygens (including phenoxy) is 1. The van der Waals surface area contributed by atoms with Gasteiger partial charge in [0.2, 0.25) is 0 Å². The fraction of sp³-hybridized carbons (Fsp3) is 0.267. The fourth-order valence-corrected chi connectivity index (χ4v) is 2.35. The Labute approximate surface area is 111 Å². The molecule has 0 amide bonds. The van der Waals surface area contributed by atoms with Crippen LogP contribution in [0.15, 0.2) is 30.3 Å². The van der Waals surface area contributed by atoms with Gasteiger partial charge in [-0.3, -0.25) is 0 Å². The Hall–Kier alpha value is -2.23. The Morgan fingerprint density at radius 1 is 1.37 bits per heavy atom. The Morgan fingerprint density at radius 3 is 2.74 bits per heavy atom. The summed E-state index contributed by atoms with van der Waals surface area (Å²) in [6.45, 7) is 0. The minimum Gasteiger partial charge on any atom is -0.496 e. The summed E-state index contributed by atoms with van der Waals surface area (Å²) in [6.07, 6.45) is 2.12.